The van der Waals surface area contributed by atoms with Gasteiger partial charge in [0.1, 0.15) is 11.4 Å². The maximum Gasteiger partial charge on any atom is 0.137 e. The molecule has 0 saturated carbocycles. The van der Waals surface area contributed by atoms with Crippen LogP contribution in [0.1, 0.15) is 0 Å². The van der Waals surface area contributed by atoms with Crippen LogP contribution in [0.3, 0.4) is 0 Å². The number of nitrogens with one attached hydrogen (secondary N) is 1. The third-order valence-corrected chi connectivity index (χ3v) is 2.94. The normalized spacial score (nSPS) is 10.7. The molecule has 0 aliphatic carbocycles. The van der Waals surface area contributed by atoms with E-state index in [-0.39, 0.29) is 0 Å². The quantitative estimate of drug-likeness (QED) is 0.676. The maximum absolute atomic E-state index is 6.00. The van der Waals surface area contributed by atoms with E-state index in [1.54, 1.807) is 13.3 Å². The molecular formula is C14H13N3O. The number of nitrogens with two attached hydrogens (primary N) is 1. The van der Waals surface area contributed by atoms with Crippen LogP contribution in [0.15, 0.2) is 42.6 Å². The van der Waals surface area contributed by atoms with Gasteiger partial charge in [-0.3, -0.25) is 0 Å². The summed E-state index contributed by atoms with van der Waals surface area (Å²) >= 11 is 0. The van der Waals surface area contributed by atoms with E-state index in [1.807, 2.05) is 36.4 Å². The molecule has 3 aromatic rings. The molecule has 0 saturated heterocycles. The molecule has 2 heterocycles. The third-order valence-electron chi connectivity index (χ3n) is 2.94. The van der Waals surface area contributed by atoms with Crippen molar-refractivity contribution >= 4 is 16.7 Å². The summed E-state index contributed by atoms with van der Waals surface area (Å²) in [6.07, 6.45) is 1.76. The molecule has 0 radical (unpaired) electrons. The molecule has 0 bridgehead atoms. The molecule has 0 aliphatic rings. The first kappa shape index (κ1) is 10.7. The Kier molecular flexibility index (Phi) is 2.41. The largest absolute Gasteiger partial charge is 0.497 e. The Morgan fingerprint density at radius 1 is 1.22 bits per heavy atom. The lowest BCUT2D eigenvalue weighted by atomic mass is 10.1. The summed E-state index contributed by atoms with van der Waals surface area (Å²) in [6.45, 7) is 0. The number of benzene rings is 1. The smallest absolute Gasteiger partial charge is 0.137 e. The summed E-state index contributed by atoms with van der Waals surface area (Å²) in [5.74, 6) is 0.783. The molecule has 0 spiro atoms. The van der Waals surface area contributed by atoms with Crippen molar-refractivity contribution in [3.63, 3.8) is 0 Å². The van der Waals surface area contributed by atoms with E-state index >= 15 is 0 Å². The number of hydrogen-bond donors (Lipinski definition) is 2. The van der Waals surface area contributed by atoms with Gasteiger partial charge in [0.25, 0.3) is 0 Å². The molecule has 90 valence electrons. The zero-order valence-electron chi connectivity index (χ0n) is 9.97. The molecule has 0 unspecified atom stereocenters. The van der Waals surface area contributed by atoms with Crippen molar-refractivity contribution in [2.75, 3.05) is 12.8 Å². The fraction of sp³-hybridized carbons (Fsp3) is 0.0714. The minimum atomic E-state index is 0.711. The lowest BCUT2D eigenvalue weighted by Gasteiger charge is -2.06. The first-order valence-electron chi connectivity index (χ1n) is 5.65. The number of nitrogens with zero attached hydrogens (tertiary/aromatic N) is 1. The maximum atomic E-state index is 6.00. The van der Waals surface area contributed by atoms with Gasteiger partial charge in [0.2, 0.25) is 0 Å². The fourth-order valence-corrected chi connectivity index (χ4v) is 2.00. The van der Waals surface area contributed by atoms with Gasteiger partial charge in [-0.25, -0.2) is 4.98 Å². The first-order chi connectivity index (χ1) is 8.78. The topological polar surface area (TPSA) is 63.9 Å². The van der Waals surface area contributed by atoms with Gasteiger partial charge in [-0.05, 0) is 36.4 Å². The minimum Gasteiger partial charge on any atom is -0.497 e. The van der Waals surface area contributed by atoms with Crippen molar-refractivity contribution in [1.29, 1.82) is 0 Å². The van der Waals surface area contributed by atoms with Crippen LogP contribution >= 0.6 is 0 Å². The Labute approximate surface area is 104 Å². The van der Waals surface area contributed by atoms with E-state index in [1.165, 1.54) is 0 Å². The number of nitrogen functional groups attached to an aromatic ring is 1. The summed E-state index contributed by atoms with van der Waals surface area (Å²) in [6, 6.07) is 11.6. The van der Waals surface area contributed by atoms with Crippen LogP contribution in [0.4, 0.5) is 5.69 Å². The molecule has 1 aromatic carbocycles. The van der Waals surface area contributed by atoms with Crippen LogP contribution in [-0.4, -0.2) is 17.1 Å². The van der Waals surface area contributed by atoms with Crippen LogP contribution in [0.2, 0.25) is 0 Å². The molecule has 4 heteroatoms. The van der Waals surface area contributed by atoms with Crippen LogP contribution in [0.5, 0.6) is 5.75 Å². The highest BCUT2D eigenvalue weighted by atomic mass is 16.5. The molecule has 0 amide bonds. The van der Waals surface area contributed by atoms with E-state index in [9.17, 15) is 0 Å². The van der Waals surface area contributed by atoms with Gasteiger partial charge in [0.05, 0.1) is 7.11 Å². The van der Waals surface area contributed by atoms with Gasteiger partial charge >= 0.3 is 0 Å². The number of fused-ring (bicyclic) bond motifs is 1. The van der Waals surface area contributed by atoms with Crippen molar-refractivity contribution in [2.24, 2.45) is 0 Å². The SMILES string of the molecule is COc1ccc(N)c(-c2cc3cccnc3[nH]2)c1. The van der Waals surface area contributed by atoms with Crippen LogP contribution < -0.4 is 10.5 Å². The standard InChI is InChI=1S/C14H13N3O/c1-18-10-4-5-12(15)11(8-10)13-7-9-3-2-6-16-14(9)17-13/h2-8H,15H2,1H3,(H,16,17). The molecule has 4 nitrogen and oxygen atoms in total. The van der Waals surface area contributed by atoms with Crippen molar-refractivity contribution in [1.82, 2.24) is 9.97 Å². The Morgan fingerprint density at radius 2 is 2.11 bits per heavy atom. The number of pyridine rings is 1. The molecule has 2 aromatic heterocycles. The number of methoxy groups -OCH3 is 1. The van der Waals surface area contributed by atoms with E-state index in [0.717, 1.165) is 28.0 Å². The summed E-state index contributed by atoms with van der Waals surface area (Å²) in [5.41, 5.74) is 9.44. The molecule has 3 rings (SSSR count). The number of rotatable bonds is 2. The van der Waals surface area contributed by atoms with E-state index in [2.05, 4.69) is 9.97 Å². The summed E-state index contributed by atoms with van der Waals surface area (Å²) in [5, 5.41) is 1.06. The Balaban J connectivity index is 2.19. The van der Waals surface area contributed by atoms with Gasteiger partial charge in [-0.15, -0.1) is 0 Å². The van der Waals surface area contributed by atoms with Crippen molar-refractivity contribution in [2.45, 2.75) is 0 Å². The molecule has 3 N–H and O–H groups in total. The number of aromatic amines is 1. The summed E-state index contributed by atoms with van der Waals surface area (Å²) < 4.78 is 5.22. The lowest BCUT2D eigenvalue weighted by molar-refractivity contribution is 0.415. The third kappa shape index (κ3) is 1.68. The number of anilines is 1. The highest BCUT2D eigenvalue weighted by Gasteiger charge is 2.08. The molecular weight excluding hydrogens is 226 g/mol. The summed E-state index contributed by atoms with van der Waals surface area (Å²) in [7, 11) is 1.64. The number of aromatic nitrogens is 2. The second-order valence-corrected chi connectivity index (χ2v) is 4.08. The minimum absolute atomic E-state index is 0.711. The lowest BCUT2D eigenvalue weighted by Crippen LogP contribution is -1.91. The van der Waals surface area contributed by atoms with Crippen molar-refractivity contribution in [3.05, 3.63) is 42.6 Å². The molecule has 0 atom stereocenters. The highest BCUT2D eigenvalue weighted by molar-refractivity contribution is 5.86. The van der Waals surface area contributed by atoms with Crippen LogP contribution in [0, 0.1) is 0 Å². The highest BCUT2D eigenvalue weighted by Crippen LogP contribution is 2.30. The van der Waals surface area contributed by atoms with Crippen molar-refractivity contribution < 1.29 is 4.74 Å². The Hall–Kier alpha value is -2.49. The Morgan fingerprint density at radius 3 is 2.89 bits per heavy atom. The Bertz CT molecular complexity index is 670. The summed E-state index contributed by atoms with van der Waals surface area (Å²) in [4.78, 5) is 7.53. The van der Waals surface area contributed by atoms with Crippen LogP contribution in [0.25, 0.3) is 22.3 Å². The first-order valence-corrected chi connectivity index (χ1v) is 5.65. The second kappa shape index (κ2) is 4.07. The molecule has 0 fully saturated rings. The predicted octanol–water partition coefficient (Wildman–Crippen LogP) is 2.82. The van der Waals surface area contributed by atoms with E-state index in [4.69, 9.17) is 10.5 Å². The van der Waals surface area contributed by atoms with Crippen LogP contribution in [-0.2, 0) is 0 Å². The van der Waals surface area contributed by atoms with Gasteiger partial charge in [-0.2, -0.15) is 0 Å². The van der Waals surface area contributed by atoms with E-state index in [0.29, 0.717) is 5.69 Å². The second-order valence-electron chi connectivity index (χ2n) is 4.08. The van der Waals surface area contributed by atoms with Gasteiger partial charge in [-0.1, -0.05) is 0 Å². The van der Waals surface area contributed by atoms with E-state index < -0.39 is 0 Å². The number of H-pyrrole nitrogens is 1. The zero-order valence-corrected chi connectivity index (χ0v) is 9.97. The monoisotopic (exact) mass is 239 g/mol. The number of ether oxygens (including phenoxy) is 1. The van der Waals surface area contributed by atoms with Gasteiger partial charge in [0.15, 0.2) is 0 Å². The van der Waals surface area contributed by atoms with Gasteiger partial charge < -0.3 is 15.5 Å². The number of hydrogen-bond acceptors (Lipinski definition) is 3. The average Bonchev–Trinajstić information content (AvgIpc) is 2.82. The average molecular weight is 239 g/mol. The fourth-order valence-electron chi connectivity index (χ4n) is 2.00. The van der Waals surface area contributed by atoms with Gasteiger partial charge in [0, 0.05) is 28.5 Å². The van der Waals surface area contributed by atoms with Crippen molar-refractivity contribution in [3.8, 4) is 17.0 Å². The zero-order chi connectivity index (χ0) is 12.5. The molecule has 0 aliphatic heterocycles. The molecule has 18 heavy (non-hydrogen) atoms. The predicted molar refractivity (Wildman–Crippen MR) is 72.5 cm³/mol.